The minimum Gasteiger partial charge on any atom is -0.326 e. The summed E-state index contributed by atoms with van der Waals surface area (Å²) in [6.45, 7) is 12.9. The molecule has 1 aromatic heterocycles. The highest BCUT2D eigenvalue weighted by Crippen LogP contribution is 2.31. The molecule has 0 atom stereocenters. The second-order valence-corrected chi connectivity index (χ2v) is 10.1. The summed E-state index contributed by atoms with van der Waals surface area (Å²) in [4.78, 5) is 22.5. The Morgan fingerprint density at radius 1 is 1.08 bits per heavy atom. The van der Waals surface area contributed by atoms with Crippen molar-refractivity contribution in [2.75, 3.05) is 25.0 Å². The van der Waals surface area contributed by atoms with Crippen LogP contribution >= 0.6 is 11.6 Å². The summed E-state index contributed by atoms with van der Waals surface area (Å²) >= 11 is 6.12. The number of hydrogen-bond acceptors (Lipinski definition) is 3. The van der Waals surface area contributed by atoms with E-state index in [1.54, 1.807) is 6.92 Å². The first-order valence-electron chi connectivity index (χ1n) is 12.7. The minimum atomic E-state index is -0.0397. The van der Waals surface area contributed by atoms with Gasteiger partial charge in [-0.25, -0.2) is 9.83 Å². The number of amides is 1. The molecule has 0 saturated carbocycles. The Hall–Kier alpha value is -3.66. The number of halogens is 1. The van der Waals surface area contributed by atoms with E-state index >= 15 is 0 Å². The topological polar surface area (TPSA) is 54.5 Å². The fourth-order valence-corrected chi connectivity index (χ4v) is 5.37. The van der Waals surface area contributed by atoms with E-state index in [1.165, 1.54) is 5.56 Å². The highest BCUT2D eigenvalue weighted by Gasteiger charge is 2.21. The molecule has 1 amide bonds. The number of carbonyl (C=O) groups excluding carboxylic acids is 1. The van der Waals surface area contributed by atoms with E-state index in [9.17, 15) is 4.79 Å². The molecule has 1 aliphatic heterocycles. The second kappa shape index (κ2) is 11.2. The molecule has 1 saturated heterocycles. The largest absolute Gasteiger partial charge is 0.326 e. The number of piperidine rings is 1. The van der Waals surface area contributed by atoms with Crippen LogP contribution in [0.15, 0.2) is 66.7 Å². The van der Waals surface area contributed by atoms with Crippen LogP contribution in [0.2, 0.25) is 5.02 Å². The van der Waals surface area contributed by atoms with Crippen molar-refractivity contribution in [3.8, 4) is 11.4 Å². The third-order valence-corrected chi connectivity index (χ3v) is 7.34. The van der Waals surface area contributed by atoms with Crippen LogP contribution < -0.4 is 5.32 Å². The first kappa shape index (κ1) is 25.0. The smallest absolute Gasteiger partial charge is 0.221 e. The summed E-state index contributed by atoms with van der Waals surface area (Å²) in [5, 5.41) is 3.59. The van der Waals surface area contributed by atoms with Crippen molar-refractivity contribution in [3.05, 3.63) is 88.7 Å². The molecule has 1 aliphatic rings. The summed E-state index contributed by atoms with van der Waals surface area (Å²) in [5.74, 6) is 1.39. The summed E-state index contributed by atoms with van der Waals surface area (Å²) in [6, 6.07) is 21.7. The Bertz CT molecular complexity index is 1450. The summed E-state index contributed by atoms with van der Waals surface area (Å²) in [7, 11) is 0. The molecule has 1 N–H and O–H groups in total. The van der Waals surface area contributed by atoms with Gasteiger partial charge in [0.05, 0.1) is 17.6 Å². The van der Waals surface area contributed by atoms with Gasteiger partial charge >= 0.3 is 0 Å². The molecule has 5 rings (SSSR count). The van der Waals surface area contributed by atoms with Crippen molar-refractivity contribution < 1.29 is 4.79 Å². The lowest BCUT2D eigenvalue weighted by Gasteiger charge is -2.32. The molecule has 0 spiro atoms. The summed E-state index contributed by atoms with van der Waals surface area (Å²) in [6.07, 6.45) is 3.22. The molecule has 37 heavy (non-hydrogen) atoms. The molecular formula is C30H30ClN5O. The molecule has 4 aromatic rings. The van der Waals surface area contributed by atoms with Gasteiger partial charge in [0.2, 0.25) is 5.91 Å². The van der Waals surface area contributed by atoms with E-state index in [-0.39, 0.29) is 5.91 Å². The fraction of sp³-hybridized carbons (Fsp3) is 0.300. The number of nitrogens with one attached hydrogen (secondary N) is 1. The van der Waals surface area contributed by atoms with Crippen molar-refractivity contribution in [2.24, 2.45) is 0 Å². The van der Waals surface area contributed by atoms with Crippen molar-refractivity contribution >= 4 is 39.9 Å². The molecule has 2 heterocycles. The summed E-state index contributed by atoms with van der Waals surface area (Å²) in [5.41, 5.74) is 5.72. The zero-order valence-electron chi connectivity index (χ0n) is 21.0. The molecule has 0 bridgehead atoms. The zero-order chi connectivity index (χ0) is 25.8. The molecule has 1 fully saturated rings. The van der Waals surface area contributed by atoms with Crippen LogP contribution in [0.4, 0.5) is 11.4 Å². The molecule has 0 aliphatic carbocycles. The van der Waals surface area contributed by atoms with E-state index < -0.39 is 0 Å². The van der Waals surface area contributed by atoms with Gasteiger partial charge in [0.15, 0.2) is 5.69 Å². The monoisotopic (exact) mass is 511 g/mol. The van der Waals surface area contributed by atoms with E-state index in [4.69, 9.17) is 23.2 Å². The number of carbonyl (C=O) groups is 1. The van der Waals surface area contributed by atoms with Gasteiger partial charge < -0.3 is 14.8 Å². The van der Waals surface area contributed by atoms with Crippen LogP contribution in [0, 0.1) is 6.57 Å². The van der Waals surface area contributed by atoms with Gasteiger partial charge in [0, 0.05) is 29.7 Å². The molecule has 0 radical (unpaired) electrons. The number of rotatable bonds is 7. The normalized spacial score (nSPS) is 14.5. The van der Waals surface area contributed by atoms with Crippen LogP contribution in [0.3, 0.4) is 0 Å². The van der Waals surface area contributed by atoms with Gasteiger partial charge in [-0.2, -0.15) is 0 Å². The fourth-order valence-electron chi connectivity index (χ4n) is 5.24. The Morgan fingerprint density at radius 2 is 1.86 bits per heavy atom. The quantitative estimate of drug-likeness (QED) is 0.268. The highest BCUT2D eigenvalue weighted by molar-refractivity contribution is 6.30. The Kier molecular flexibility index (Phi) is 7.55. The SMILES string of the molecule is [C-]#[N+]c1ccc2nc(-c3ccc(Cl)cc3)n(CCCN3CCC(c4cccc(NC(C)=O)c4)CC3)c2c1. The summed E-state index contributed by atoms with van der Waals surface area (Å²) < 4.78 is 2.24. The van der Waals surface area contributed by atoms with Gasteiger partial charge in [-0.1, -0.05) is 29.8 Å². The number of benzene rings is 3. The van der Waals surface area contributed by atoms with E-state index in [0.717, 1.165) is 73.6 Å². The molecule has 0 unspecified atom stereocenters. The number of aromatic nitrogens is 2. The lowest BCUT2D eigenvalue weighted by molar-refractivity contribution is -0.114. The Balaban J connectivity index is 1.25. The van der Waals surface area contributed by atoms with Crippen LogP contribution in [-0.2, 0) is 11.3 Å². The second-order valence-electron chi connectivity index (χ2n) is 9.65. The van der Waals surface area contributed by atoms with E-state index in [1.807, 2.05) is 54.6 Å². The van der Waals surface area contributed by atoms with E-state index in [0.29, 0.717) is 16.6 Å². The maximum atomic E-state index is 11.4. The Labute approximate surface area is 222 Å². The standard InChI is InChI=1S/C30H30ClN5O/c1-21(37)33-27-6-3-5-24(19-27)22-13-17-35(18-14-22)15-4-16-36-29-20-26(32-2)11-12-28(29)34-30(36)23-7-9-25(31)10-8-23/h3,5-12,19-20,22H,4,13-18H2,1H3,(H,33,37). The zero-order valence-corrected chi connectivity index (χ0v) is 21.7. The van der Waals surface area contributed by atoms with Gasteiger partial charge in [-0.05, 0) is 98.9 Å². The number of aryl methyl sites for hydroxylation is 1. The molecule has 188 valence electrons. The van der Waals surface area contributed by atoms with Gasteiger partial charge in [0.25, 0.3) is 0 Å². The highest BCUT2D eigenvalue weighted by atomic mass is 35.5. The predicted molar refractivity (Wildman–Crippen MR) is 150 cm³/mol. The Morgan fingerprint density at radius 3 is 2.59 bits per heavy atom. The molecular weight excluding hydrogens is 482 g/mol. The van der Waals surface area contributed by atoms with Gasteiger partial charge in [-0.15, -0.1) is 0 Å². The van der Waals surface area contributed by atoms with Crippen molar-refractivity contribution in [1.29, 1.82) is 0 Å². The number of fused-ring (bicyclic) bond motifs is 1. The molecule has 7 heteroatoms. The minimum absolute atomic E-state index is 0.0397. The van der Waals surface area contributed by atoms with Crippen LogP contribution in [0.25, 0.3) is 27.3 Å². The number of imidazole rings is 1. The third kappa shape index (κ3) is 5.85. The number of likely N-dealkylation sites (tertiary alicyclic amines) is 1. The number of nitrogens with zero attached hydrogens (tertiary/aromatic N) is 4. The van der Waals surface area contributed by atoms with Crippen molar-refractivity contribution in [3.63, 3.8) is 0 Å². The molecule has 6 nitrogen and oxygen atoms in total. The lowest BCUT2D eigenvalue weighted by atomic mass is 9.89. The van der Waals surface area contributed by atoms with Crippen LogP contribution in [0.5, 0.6) is 0 Å². The van der Waals surface area contributed by atoms with Gasteiger partial charge in [0.1, 0.15) is 5.82 Å². The van der Waals surface area contributed by atoms with E-state index in [2.05, 4.69) is 31.8 Å². The van der Waals surface area contributed by atoms with Crippen LogP contribution in [-0.4, -0.2) is 40.0 Å². The first-order chi connectivity index (χ1) is 18.0. The third-order valence-electron chi connectivity index (χ3n) is 7.09. The number of anilines is 1. The lowest BCUT2D eigenvalue weighted by Crippen LogP contribution is -2.34. The van der Waals surface area contributed by atoms with Gasteiger partial charge in [-0.3, -0.25) is 4.79 Å². The maximum Gasteiger partial charge on any atom is 0.221 e. The maximum absolute atomic E-state index is 11.4. The number of hydrogen-bond donors (Lipinski definition) is 1. The predicted octanol–water partition coefficient (Wildman–Crippen LogP) is 7.14. The van der Waals surface area contributed by atoms with Crippen molar-refractivity contribution in [1.82, 2.24) is 14.5 Å². The average molecular weight is 512 g/mol. The van der Waals surface area contributed by atoms with Crippen molar-refractivity contribution in [2.45, 2.75) is 38.6 Å². The molecule has 3 aromatic carbocycles. The first-order valence-corrected chi connectivity index (χ1v) is 13.1. The average Bonchev–Trinajstić information content (AvgIpc) is 3.27. The van der Waals surface area contributed by atoms with Crippen LogP contribution in [0.1, 0.15) is 37.7 Å².